The van der Waals surface area contributed by atoms with Gasteiger partial charge >= 0.3 is 0 Å². The zero-order valence-electron chi connectivity index (χ0n) is 16.8. The number of rotatable bonds is 9. The van der Waals surface area contributed by atoms with Gasteiger partial charge in [-0.25, -0.2) is 22.7 Å². The van der Waals surface area contributed by atoms with Crippen molar-refractivity contribution in [2.45, 2.75) is 35.5 Å². The Morgan fingerprint density at radius 1 is 1.06 bits per heavy atom. The van der Waals surface area contributed by atoms with E-state index in [0.29, 0.717) is 6.54 Å². The van der Waals surface area contributed by atoms with E-state index in [1.54, 1.807) is 11.3 Å². The van der Waals surface area contributed by atoms with Gasteiger partial charge in [-0.2, -0.15) is 0 Å². The van der Waals surface area contributed by atoms with Gasteiger partial charge in [-0.05, 0) is 37.5 Å². The molecule has 1 unspecified atom stereocenters. The van der Waals surface area contributed by atoms with Crippen LogP contribution < -0.4 is 10.0 Å². The molecule has 31 heavy (non-hydrogen) atoms. The molecule has 2 aromatic carbocycles. The largest absolute Gasteiger partial charge is 0.361 e. The lowest BCUT2D eigenvalue weighted by molar-refractivity contribution is 0.560. The van der Waals surface area contributed by atoms with Gasteiger partial charge in [-0.3, -0.25) is 0 Å². The number of anilines is 1. The molecule has 2 heterocycles. The summed E-state index contributed by atoms with van der Waals surface area (Å²) in [4.78, 5) is 7.44. The molecule has 3 aromatic rings. The molecule has 0 saturated carbocycles. The summed E-state index contributed by atoms with van der Waals surface area (Å²) in [5, 5.41) is 4.38. The van der Waals surface area contributed by atoms with Crippen molar-refractivity contribution in [3.05, 3.63) is 59.0 Å². The van der Waals surface area contributed by atoms with E-state index in [1.165, 1.54) is 21.4 Å². The summed E-state index contributed by atoms with van der Waals surface area (Å²) in [5.74, 6) is -0.398. The second-order valence-corrected chi connectivity index (χ2v) is 10.6. The van der Waals surface area contributed by atoms with Crippen LogP contribution in [0.2, 0.25) is 0 Å². The fourth-order valence-corrected chi connectivity index (χ4v) is 6.40. The van der Waals surface area contributed by atoms with Crippen LogP contribution in [-0.4, -0.2) is 28.0 Å². The smallest absolute Gasteiger partial charge is 0.183 e. The standard InChI is InChI=1S/C22H23F2N3OS3/c23-15-8-9-20(17(24)14-15)31(28)26-12-5-1-4-11-25-22-27-21-16-6-2-3-7-18(16)29-13-10-19(21)30-22/h2-3,6-9,14,26H,1,4-5,10-13H2,(H,25,27). The normalized spacial score (nSPS) is 13.9. The molecule has 0 radical (unpaired) electrons. The highest BCUT2D eigenvalue weighted by molar-refractivity contribution is 7.99. The fraction of sp³-hybridized carbons (Fsp3) is 0.318. The molecule has 1 aromatic heterocycles. The minimum absolute atomic E-state index is 0.0217. The van der Waals surface area contributed by atoms with Crippen LogP contribution in [0.25, 0.3) is 11.3 Å². The predicted octanol–water partition coefficient (Wildman–Crippen LogP) is 5.63. The summed E-state index contributed by atoms with van der Waals surface area (Å²) in [6.07, 6.45) is 3.74. The molecule has 0 fully saturated rings. The Kier molecular flexibility index (Phi) is 7.71. The van der Waals surface area contributed by atoms with Gasteiger partial charge in [0.05, 0.1) is 10.6 Å². The molecule has 0 saturated heterocycles. The number of hydrogen-bond acceptors (Lipinski definition) is 5. The first kappa shape index (κ1) is 22.4. The molecule has 4 nitrogen and oxygen atoms in total. The number of thioether (sulfide) groups is 1. The number of thiazole rings is 1. The Labute approximate surface area is 191 Å². The zero-order chi connectivity index (χ0) is 21.6. The Morgan fingerprint density at radius 3 is 2.77 bits per heavy atom. The second kappa shape index (κ2) is 10.7. The number of fused-ring (bicyclic) bond motifs is 3. The van der Waals surface area contributed by atoms with Gasteiger partial charge in [-0.1, -0.05) is 24.6 Å². The Hall–Kier alpha value is -1.81. The molecule has 0 amide bonds. The highest BCUT2D eigenvalue weighted by atomic mass is 32.2. The second-order valence-electron chi connectivity index (χ2n) is 7.11. The molecule has 9 heteroatoms. The van der Waals surface area contributed by atoms with Crippen molar-refractivity contribution >= 4 is 39.2 Å². The molecule has 1 atom stereocenters. The van der Waals surface area contributed by atoms with E-state index in [-0.39, 0.29) is 4.90 Å². The van der Waals surface area contributed by atoms with Crippen LogP contribution in [0.3, 0.4) is 0 Å². The number of benzene rings is 2. The van der Waals surface area contributed by atoms with Crippen LogP contribution in [0.15, 0.2) is 52.3 Å². The van der Waals surface area contributed by atoms with Gasteiger partial charge in [0.1, 0.15) is 22.6 Å². The average molecular weight is 480 g/mol. The van der Waals surface area contributed by atoms with Crippen LogP contribution in [0.1, 0.15) is 24.1 Å². The number of aryl methyl sites for hydroxylation is 1. The van der Waals surface area contributed by atoms with Gasteiger partial charge in [0.15, 0.2) is 5.13 Å². The maximum Gasteiger partial charge on any atom is 0.183 e. The van der Waals surface area contributed by atoms with Crippen molar-refractivity contribution in [2.75, 3.05) is 24.2 Å². The molecule has 1 aliphatic rings. The Morgan fingerprint density at radius 2 is 1.90 bits per heavy atom. The van der Waals surface area contributed by atoms with Crippen molar-refractivity contribution in [2.24, 2.45) is 0 Å². The summed E-state index contributed by atoms with van der Waals surface area (Å²) in [6.45, 7) is 1.32. The third-order valence-corrected chi connectivity index (χ3v) is 8.23. The SMILES string of the molecule is O=S(NCCCCCNc1nc2c(s1)CCSc1ccccc1-2)c1ccc(F)cc1F. The molecule has 1 aliphatic heterocycles. The molecule has 0 aliphatic carbocycles. The van der Waals surface area contributed by atoms with E-state index in [9.17, 15) is 13.0 Å². The number of aromatic nitrogens is 1. The lowest BCUT2D eigenvalue weighted by Gasteiger charge is -2.06. The van der Waals surface area contributed by atoms with Gasteiger partial charge in [-0.15, -0.1) is 23.1 Å². The lowest BCUT2D eigenvalue weighted by atomic mass is 10.1. The van der Waals surface area contributed by atoms with Crippen LogP contribution in [-0.2, 0) is 17.4 Å². The minimum atomic E-state index is -1.67. The maximum atomic E-state index is 13.6. The van der Waals surface area contributed by atoms with E-state index in [4.69, 9.17) is 4.98 Å². The van der Waals surface area contributed by atoms with Crippen LogP contribution in [0.4, 0.5) is 13.9 Å². The Bertz CT molecular complexity index is 1070. The molecular formula is C22H23F2N3OS3. The van der Waals surface area contributed by atoms with Gasteiger partial charge in [0, 0.05) is 40.2 Å². The van der Waals surface area contributed by atoms with Crippen molar-refractivity contribution in [3.8, 4) is 11.3 Å². The van der Waals surface area contributed by atoms with Crippen molar-refractivity contribution < 1.29 is 13.0 Å². The van der Waals surface area contributed by atoms with E-state index in [0.717, 1.165) is 60.9 Å². The third kappa shape index (κ3) is 5.71. The molecule has 0 spiro atoms. The van der Waals surface area contributed by atoms with Gasteiger partial charge in [0.2, 0.25) is 0 Å². The number of hydrogen-bond donors (Lipinski definition) is 2. The van der Waals surface area contributed by atoms with Crippen LogP contribution in [0.5, 0.6) is 0 Å². The molecular weight excluding hydrogens is 456 g/mol. The highest BCUT2D eigenvalue weighted by Gasteiger charge is 2.19. The minimum Gasteiger partial charge on any atom is -0.361 e. The van der Waals surface area contributed by atoms with Crippen molar-refractivity contribution in [1.29, 1.82) is 0 Å². The van der Waals surface area contributed by atoms with Crippen molar-refractivity contribution in [1.82, 2.24) is 9.71 Å². The zero-order valence-corrected chi connectivity index (χ0v) is 19.3. The topological polar surface area (TPSA) is 54.0 Å². The fourth-order valence-electron chi connectivity index (χ4n) is 3.34. The summed E-state index contributed by atoms with van der Waals surface area (Å²) >= 11 is 3.62. The van der Waals surface area contributed by atoms with E-state index < -0.39 is 22.6 Å². The number of halogens is 2. The van der Waals surface area contributed by atoms with E-state index in [2.05, 4.69) is 34.3 Å². The highest BCUT2D eigenvalue weighted by Crippen LogP contribution is 2.40. The van der Waals surface area contributed by atoms with Gasteiger partial charge in [0.25, 0.3) is 0 Å². The molecule has 2 N–H and O–H groups in total. The van der Waals surface area contributed by atoms with Gasteiger partial charge < -0.3 is 5.32 Å². The molecule has 4 rings (SSSR count). The van der Waals surface area contributed by atoms with Crippen LogP contribution >= 0.6 is 23.1 Å². The monoisotopic (exact) mass is 479 g/mol. The maximum absolute atomic E-state index is 13.6. The quantitative estimate of drug-likeness (QED) is 0.391. The molecule has 0 bridgehead atoms. The Balaban J connectivity index is 1.19. The summed E-state index contributed by atoms with van der Waals surface area (Å²) < 4.78 is 41.4. The summed E-state index contributed by atoms with van der Waals surface area (Å²) in [5.41, 5.74) is 2.33. The average Bonchev–Trinajstić information content (AvgIpc) is 3.08. The summed E-state index contributed by atoms with van der Waals surface area (Å²) in [6, 6.07) is 11.5. The van der Waals surface area contributed by atoms with Crippen LogP contribution in [0, 0.1) is 11.6 Å². The lowest BCUT2D eigenvalue weighted by Crippen LogP contribution is -2.19. The third-order valence-electron chi connectivity index (χ3n) is 4.88. The number of nitrogens with zero attached hydrogens (tertiary/aromatic N) is 1. The number of nitrogens with one attached hydrogen (secondary N) is 2. The summed E-state index contributed by atoms with van der Waals surface area (Å²) in [7, 11) is -1.67. The van der Waals surface area contributed by atoms with E-state index in [1.807, 2.05) is 11.8 Å². The molecule has 164 valence electrons. The first-order valence-electron chi connectivity index (χ1n) is 10.2. The van der Waals surface area contributed by atoms with E-state index >= 15 is 0 Å². The predicted molar refractivity (Wildman–Crippen MR) is 125 cm³/mol. The number of unbranched alkanes of at least 4 members (excludes halogenated alkanes) is 2. The first-order chi connectivity index (χ1) is 15.1. The van der Waals surface area contributed by atoms with Crippen molar-refractivity contribution in [3.63, 3.8) is 0 Å². The first-order valence-corrected chi connectivity index (χ1v) is 13.1.